The molecule has 0 spiro atoms. The zero-order chi connectivity index (χ0) is 19.1. The Labute approximate surface area is 163 Å². The number of nitrogens with zero attached hydrogens (tertiary/aromatic N) is 2. The summed E-state index contributed by atoms with van der Waals surface area (Å²) in [5.41, 5.74) is 2.60. The first kappa shape index (κ1) is 20.1. The lowest BCUT2D eigenvalue weighted by Gasteiger charge is -2.12. The summed E-state index contributed by atoms with van der Waals surface area (Å²) in [5.74, 6) is 0.589. The van der Waals surface area contributed by atoms with Gasteiger partial charge in [-0.05, 0) is 30.7 Å². The smallest absolute Gasteiger partial charge is 0.251 e. The first-order valence-corrected chi connectivity index (χ1v) is 9.04. The third kappa shape index (κ3) is 5.16. The van der Waals surface area contributed by atoms with Gasteiger partial charge in [-0.2, -0.15) is 0 Å². The molecule has 6 nitrogen and oxygen atoms in total. The number of rotatable bonds is 6. The molecule has 0 aliphatic rings. The largest absolute Gasteiger partial charge is 0.357 e. The van der Waals surface area contributed by atoms with Crippen LogP contribution < -0.4 is 16.0 Å². The van der Waals surface area contributed by atoms with Crippen molar-refractivity contribution in [1.82, 2.24) is 20.5 Å². The van der Waals surface area contributed by atoms with Crippen LogP contribution in [0.3, 0.4) is 0 Å². The van der Waals surface area contributed by atoms with Gasteiger partial charge in [0.05, 0.1) is 18.1 Å². The topological polar surface area (TPSA) is 70.4 Å². The van der Waals surface area contributed by atoms with Gasteiger partial charge >= 0.3 is 0 Å². The van der Waals surface area contributed by atoms with Gasteiger partial charge in [0.25, 0.3) is 5.91 Å². The third-order valence-electron chi connectivity index (χ3n) is 3.86. The van der Waals surface area contributed by atoms with Gasteiger partial charge in [0.1, 0.15) is 5.15 Å². The predicted octanol–water partition coefficient (Wildman–Crippen LogP) is 2.95. The van der Waals surface area contributed by atoms with Crippen LogP contribution in [0.1, 0.15) is 28.5 Å². The zero-order valence-electron chi connectivity index (χ0n) is 15.1. The Bertz CT molecular complexity index is 784. The number of aromatic nitrogens is 1. The Morgan fingerprint density at radius 1 is 1.19 bits per heavy atom. The molecule has 0 bridgehead atoms. The van der Waals surface area contributed by atoms with E-state index in [4.69, 9.17) is 23.2 Å². The lowest BCUT2D eigenvalue weighted by molar-refractivity contribution is 0.0963. The van der Waals surface area contributed by atoms with Crippen molar-refractivity contribution in [2.45, 2.75) is 20.0 Å². The number of benzene rings is 1. The Balaban J connectivity index is 2.01. The summed E-state index contributed by atoms with van der Waals surface area (Å²) < 4.78 is 1.83. The van der Waals surface area contributed by atoms with Crippen LogP contribution in [-0.2, 0) is 20.1 Å². The average Bonchev–Trinajstić information content (AvgIpc) is 2.90. The van der Waals surface area contributed by atoms with E-state index in [1.54, 1.807) is 19.2 Å². The molecule has 0 unspecified atom stereocenters. The number of carbonyl (C=O) groups is 1. The summed E-state index contributed by atoms with van der Waals surface area (Å²) in [6.45, 7) is 3.80. The molecular formula is C18H23Cl2N5O. The normalized spacial score (nSPS) is 11.3. The number of carbonyl (C=O) groups excluding carboxylic acids is 1. The highest BCUT2D eigenvalue weighted by Crippen LogP contribution is 2.24. The van der Waals surface area contributed by atoms with Crippen LogP contribution in [-0.4, -0.2) is 30.0 Å². The number of halogens is 2. The standard InChI is InChI=1S/C18H23Cl2N5O/c1-4-22-18(24-11-14-9-15(19)16(20)25(14)3)23-10-12-5-7-13(8-6-12)17(26)21-2/h5-9H,4,10-11H2,1-3H3,(H,21,26)(H2,22,23,24). The van der Waals surface area contributed by atoms with Crippen LogP contribution in [0.25, 0.3) is 0 Å². The molecule has 2 aromatic rings. The maximum absolute atomic E-state index is 11.6. The van der Waals surface area contributed by atoms with Crippen molar-refractivity contribution in [3.63, 3.8) is 0 Å². The third-order valence-corrected chi connectivity index (χ3v) is 4.70. The summed E-state index contributed by atoms with van der Waals surface area (Å²) in [4.78, 5) is 16.1. The molecule has 0 fully saturated rings. The highest BCUT2D eigenvalue weighted by molar-refractivity contribution is 6.41. The molecule has 2 rings (SSSR count). The molecule has 0 atom stereocenters. The number of amides is 1. The highest BCUT2D eigenvalue weighted by atomic mass is 35.5. The Hall–Kier alpha value is -2.18. The van der Waals surface area contributed by atoms with Gasteiger partial charge in [0.15, 0.2) is 5.96 Å². The van der Waals surface area contributed by atoms with Gasteiger partial charge in [0.2, 0.25) is 0 Å². The molecule has 140 valence electrons. The van der Waals surface area contributed by atoms with Crippen molar-refractivity contribution in [3.8, 4) is 0 Å². The fourth-order valence-electron chi connectivity index (χ4n) is 2.35. The molecule has 8 heteroatoms. The van der Waals surface area contributed by atoms with Gasteiger partial charge < -0.3 is 20.5 Å². The van der Waals surface area contributed by atoms with Gasteiger partial charge in [-0.25, -0.2) is 4.99 Å². The van der Waals surface area contributed by atoms with Crippen LogP contribution in [0.5, 0.6) is 0 Å². The van der Waals surface area contributed by atoms with Crippen LogP contribution in [0.15, 0.2) is 35.3 Å². The fraction of sp³-hybridized carbons (Fsp3) is 0.333. The minimum Gasteiger partial charge on any atom is -0.357 e. The zero-order valence-corrected chi connectivity index (χ0v) is 16.6. The average molecular weight is 396 g/mol. The maximum atomic E-state index is 11.6. The summed E-state index contributed by atoms with van der Waals surface area (Å²) in [7, 11) is 3.48. The maximum Gasteiger partial charge on any atom is 0.251 e. The SMILES string of the molecule is CCNC(=NCc1ccc(C(=O)NC)cc1)NCc1cc(Cl)c(Cl)n1C. The predicted molar refractivity (Wildman–Crippen MR) is 107 cm³/mol. The van der Waals surface area contributed by atoms with Crippen molar-refractivity contribution in [2.24, 2.45) is 12.0 Å². The second kappa shape index (κ2) is 9.50. The molecule has 0 radical (unpaired) electrons. The molecule has 1 aromatic carbocycles. The Morgan fingerprint density at radius 2 is 1.88 bits per heavy atom. The van der Waals surface area contributed by atoms with E-state index < -0.39 is 0 Å². The minimum absolute atomic E-state index is 0.102. The van der Waals surface area contributed by atoms with E-state index in [0.29, 0.717) is 34.8 Å². The van der Waals surface area contributed by atoms with Crippen molar-refractivity contribution >= 4 is 35.1 Å². The molecule has 1 aromatic heterocycles. The quantitative estimate of drug-likeness (QED) is 0.520. The summed E-state index contributed by atoms with van der Waals surface area (Å²) in [6.07, 6.45) is 0. The first-order chi connectivity index (χ1) is 12.5. The van der Waals surface area contributed by atoms with Gasteiger partial charge in [0, 0.05) is 31.9 Å². The molecular weight excluding hydrogens is 373 g/mol. The molecule has 0 saturated heterocycles. The number of hydrogen-bond acceptors (Lipinski definition) is 2. The van der Waals surface area contributed by atoms with E-state index in [-0.39, 0.29) is 5.91 Å². The van der Waals surface area contributed by atoms with E-state index in [1.165, 1.54) is 0 Å². The molecule has 1 heterocycles. The van der Waals surface area contributed by atoms with Gasteiger partial charge in [-0.15, -0.1) is 0 Å². The lowest BCUT2D eigenvalue weighted by atomic mass is 10.1. The summed E-state index contributed by atoms with van der Waals surface area (Å²) >= 11 is 12.1. The van der Waals surface area contributed by atoms with E-state index >= 15 is 0 Å². The molecule has 1 amide bonds. The van der Waals surface area contributed by atoms with Crippen molar-refractivity contribution < 1.29 is 4.79 Å². The Morgan fingerprint density at radius 3 is 2.42 bits per heavy atom. The van der Waals surface area contributed by atoms with E-state index in [2.05, 4.69) is 20.9 Å². The van der Waals surface area contributed by atoms with Gasteiger partial charge in [-0.3, -0.25) is 4.79 Å². The monoisotopic (exact) mass is 395 g/mol. The van der Waals surface area contributed by atoms with Crippen LogP contribution in [0.2, 0.25) is 10.2 Å². The molecule has 26 heavy (non-hydrogen) atoms. The summed E-state index contributed by atoms with van der Waals surface area (Å²) in [5, 5.41) is 10.1. The molecule has 0 saturated carbocycles. The van der Waals surface area contributed by atoms with E-state index in [9.17, 15) is 4.79 Å². The number of guanidine groups is 1. The van der Waals surface area contributed by atoms with Crippen molar-refractivity contribution in [1.29, 1.82) is 0 Å². The second-order valence-electron chi connectivity index (χ2n) is 5.66. The fourth-order valence-corrected chi connectivity index (χ4v) is 2.77. The van der Waals surface area contributed by atoms with Crippen LogP contribution in [0, 0.1) is 0 Å². The van der Waals surface area contributed by atoms with E-state index in [0.717, 1.165) is 17.8 Å². The van der Waals surface area contributed by atoms with Crippen LogP contribution >= 0.6 is 23.2 Å². The summed E-state index contributed by atoms with van der Waals surface area (Å²) in [6, 6.07) is 9.21. The number of hydrogen-bond donors (Lipinski definition) is 3. The molecule has 0 aliphatic heterocycles. The number of nitrogens with one attached hydrogen (secondary N) is 3. The van der Waals surface area contributed by atoms with Gasteiger partial charge in [-0.1, -0.05) is 35.3 Å². The molecule has 0 aliphatic carbocycles. The molecule has 3 N–H and O–H groups in total. The van der Waals surface area contributed by atoms with Crippen molar-refractivity contribution in [2.75, 3.05) is 13.6 Å². The first-order valence-electron chi connectivity index (χ1n) is 8.29. The Kier molecular flexibility index (Phi) is 7.36. The minimum atomic E-state index is -0.102. The van der Waals surface area contributed by atoms with Crippen LogP contribution in [0.4, 0.5) is 0 Å². The van der Waals surface area contributed by atoms with E-state index in [1.807, 2.05) is 36.7 Å². The van der Waals surface area contributed by atoms with Crippen molar-refractivity contribution in [3.05, 3.63) is 57.3 Å². The number of aliphatic imine (C=N–C) groups is 1. The highest BCUT2D eigenvalue weighted by Gasteiger charge is 2.09. The second-order valence-corrected chi connectivity index (χ2v) is 6.42. The lowest BCUT2D eigenvalue weighted by Crippen LogP contribution is -2.37.